The first-order valence-electron chi connectivity index (χ1n) is 3.17. The third-order valence-corrected chi connectivity index (χ3v) is 2.16. The zero-order valence-corrected chi connectivity index (χ0v) is 6.34. The van der Waals surface area contributed by atoms with Gasteiger partial charge in [0.05, 0.1) is 13.3 Å². The number of hydrogen-bond acceptors (Lipinski definition) is 0. The molecule has 0 aromatic carbocycles. The summed E-state index contributed by atoms with van der Waals surface area (Å²) in [7, 11) is 1.19. The van der Waals surface area contributed by atoms with Crippen molar-refractivity contribution in [2.75, 3.05) is 25.7 Å². The van der Waals surface area contributed by atoms with E-state index in [4.69, 9.17) is 0 Å². The first-order chi connectivity index (χ1) is 4.41. The lowest BCUT2D eigenvalue weighted by atomic mass is 10.5. The van der Waals surface area contributed by atoms with E-state index in [1.54, 1.807) is 0 Å². The van der Waals surface area contributed by atoms with Crippen LogP contribution < -0.4 is 0 Å². The maximum Gasteiger partial charge on any atom is 0.0897 e. The fourth-order valence-corrected chi connectivity index (χ4v) is 1.36. The normalized spacial score (nSPS) is 10.0. The van der Waals surface area contributed by atoms with Crippen molar-refractivity contribution in [1.82, 2.24) is 0 Å². The zero-order chi connectivity index (χ0) is 6.95. The molecule has 0 aromatic rings. The van der Waals surface area contributed by atoms with Crippen LogP contribution in [-0.2, 0) is 0 Å². The highest BCUT2D eigenvalue weighted by molar-refractivity contribution is 7.37. The van der Waals surface area contributed by atoms with E-state index in [0.717, 1.165) is 12.3 Å². The monoisotopic (exact) mass is 153 g/mol. The summed E-state index contributed by atoms with van der Waals surface area (Å²) in [5.74, 6) is 0. The zero-order valence-electron chi connectivity index (χ0n) is 5.45. The van der Waals surface area contributed by atoms with Gasteiger partial charge in [0, 0.05) is 0 Å². The molecule has 0 fully saturated rings. The molecule has 0 heterocycles. The Morgan fingerprint density at radius 1 is 0.889 bits per heavy atom. The number of hydrogen-bond donors (Lipinski definition) is 0. The molecule has 3 heteroatoms. The quantitative estimate of drug-likeness (QED) is 0.406. The summed E-state index contributed by atoms with van der Waals surface area (Å²) >= 11 is 0. The van der Waals surface area contributed by atoms with Crippen LogP contribution in [0.25, 0.3) is 0 Å². The summed E-state index contributed by atoms with van der Waals surface area (Å²) in [5.41, 5.74) is 0. The second-order valence-electron chi connectivity index (χ2n) is 1.76. The van der Waals surface area contributed by atoms with Gasteiger partial charge in [0.2, 0.25) is 0 Å². The molecule has 0 saturated heterocycles. The molecule has 0 aliphatic rings. The molecule has 0 N–H and O–H groups in total. The molecule has 0 aromatic heterocycles. The summed E-state index contributed by atoms with van der Waals surface area (Å²) in [6.45, 7) is -0.467. The van der Waals surface area contributed by atoms with E-state index in [1.807, 2.05) is 0 Å². The van der Waals surface area contributed by atoms with Crippen LogP contribution in [0.5, 0.6) is 0 Å². The summed E-state index contributed by atoms with van der Waals surface area (Å²) in [6, 6.07) is 0. The fourth-order valence-electron chi connectivity index (χ4n) is 0.455. The standard InChI is InChI=1S/C6H12F2P/c7-3-1-5-9-6-2-4-8/h1-6H2. The first kappa shape index (κ1) is 9.29. The number of rotatable bonds is 6. The van der Waals surface area contributed by atoms with Crippen molar-refractivity contribution in [1.29, 1.82) is 0 Å². The van der Waals surface area contributed by atoms with Gasteiger partial charge in [-0.2, -0.15) is 0 Å². The largest absolute Gasteiger partial charge is 0.251 e. The molecule has 0 unspecified atom stereocenters. The predicted molar refractivity (Wildman–Crippen MR) is 37.8 cm³/mol. The van der Waals surface area contributed by atoms with Crippen LogP contribution in [0.15, 0.2) is 0 Å². The second kappa shape index (κ2) is 8.29. The van der Waals surface area contributed by atoms with E-state index in [2.05, 4.69) is 0 Å². The van der Waals surface area contributed by atoms with Gasteiger partial charge in [0.1, 0.15) is 0 Å². The Hall–Kier alpha value is 0.290. The summed E-state index contributed by atoms with van der Waals surface area (Å²) in [5, 5.41) is 0. The van der Waals surface area contributed by atoms with Crippen LogP contribution in [0.3, 0.4) is 0 Å². The van der Waals surface area contributed by atoms with Gasteiger partial charge in [-0.1, -0.05) is 8.58 Å². The maximum atomic E-state index is 11.4. The van der Waals surface area contributed by atoms with Gasteiger partial charge in [-0.25, -0.2) is 0 Å². The van der Waals surface area contributed by atoms with E-state index in [1.165, 1.54) is 8.58 Å². The van der Waals surface area contributed by atoms with E-state index < -0.39 is 0 Å². The molecule has 0 rings (SSSR count). The Labute approximate surface area is 56.8 Å². The Morgan fingerprint density at radius 2 is 1.33 bits per heavy atom. The van der Waals surface area contributed by atoms with Crippen LogP contribution in [-0.4, -0.2) is 25.7 Å². The Morgan fingerprint density at radius 3 is 1.67 bits per heavy atom. The van der Waals surface area contributed by atoms with E-state index in [9.17, 15) is 8.78 Å². The van der Waals surface area contributed by atoms with E-state index >= 15 is 0 Å². The van der Waals surface area contributed by atoms with Crippen molar-refractivity contribution in [2.24, 2.45) is 0 Å². The van der Waals surface area contributed by atoms with Gasteiger partial charge >= 0.3 is 0 Å². The van der Waals surface area contributed by atoms with Crippen molar-refractivity contribution in [3.63, 3.8) is 0 Å². The lowest BCUT2D eigenvalue weighted by Crippen LogP contribution is -1.83. The smallest absolute Gasteiger partial charge is 0.0897 e. The Balaban J connectivity index is 2.60. The number of halogens is 2. The van der Waals surface area contributed by atoms with Gasteiger partial charge in [-0.05, 0) is 25.2 Å². The minimum atomic E-state index is -0.234. The lowest BCUT2D eigenvalue weighted by Gasteiger charge is -1.93. The van der Waals surface area contributed by atoms with Crippen molar-refractivity contribution >= 4 is 8.58 Å². The van der Waals surface area contributed by atoms with Crippen LogP contribution in [0, 0.1) is 0 Å². The van der Waals surface area contributed by atoms with Crippen molar-refractivity contribution < 1.29 is 8.78 Å². The second-order valence-corrected chi connectivity index (χ2v) is 3.10. The molecule has 0 spiro atoms. The molecule has 0 atom stereocenters. The predicted octanol–water partition coefficient (Wildman–Crippen LogP) is 2.65. The summed E-state index contributed by atoms with van der Waals surface area (Å²) < 4.78 is 22.8. The van der Waals surface area contributed by atoms with Crippen LogP contribution in [0.2, 0.25) is 0 Å². The highest BCUT2D eigenvalue weighted by Crippen LogP contribution is 2.12. The SMILES string of the molecule is FCCC[P]CCCF. The van der Waals surface area contributed by atoms with Gasteiger partial charge in [-0.15, -0.1) is 0 Å². The van der Waals surface area contributed by atoms with Crippen molar-refractivity contribution in [3.05, 3.63) is 0 Å². The average molecular weight is 153 g/mol. The number of alkyl halides is 2. The van der Waals surface area contributed by atoms with Crippen molar-refractivity contribution in [3.8, 4) is 0 Å². The fraction of sp³-hybridized carbons (Fsp3) is 1.00. The molecule has 0 aliphatic heterocycles. The topological polar surface area (TPSA) is 0 Å². The van der Waals surface area contributed by atoms with E-state index in [0.29, 0.717) is 12.8 Å². The Bertz CT molecular complexity index is 44.3. The summed E-state index contributed by atoms with van der Waals surface area (Å²) in [6.07, 6.45) is 3.04. The third kappa shape index (κ3) is 8.29. The first-order valence-corrected chi connectivity index (χ1v) is 4.43. The van der Waals surface area contributed by atoms with Gasteiger partial charge in [0.25, 0.3) is 0 Å². The lowest BCUT2D eigenvalue weighted by molar-refractivity contribution is 0.486. The molecule has 9 heavy (non-hydrogen) atoms. The minimum Gasteiger partial charge on any atom is -0.251 e. The molecule has 0 aliphatic carbocycles. The Kier molecular flexibility index (Phi) is 8.56. The average Bonchev–Trinajstić information content (AvgIpc) is 1.89. The van der Waals surface area contributed by atoms with Gasteiger partial charge in [-0.3, -0.25) is 8.78 Å². The molecular weight excluding hydrogens is 141 g/mol. The molecule has 0 amide bonds. The van der Waals surface area contributed by atoms with Gasteiger partial charge < -0.3 is 0 Å². The van der Waals surface area contributed by atoms with Gasteiger partial charge in [0.15, 0.2) is 0 Å². The molecule has 0 bridgehead atoms. The van der Waals surface area contributed by atoms with Crippen LogP contribution in [0.1, 0.15) is 12.8 Å². The van der Waals surface area contributed by atoms with Crippen molar-refractivity contribution in [2.45, 2.75) is 12.8 Å². The molecule has 1 radical (unpaired) electrons. The molecule has 0 saturated carbocycles. The maximum absolute atomic E-state index is 11.4. The summed E-state index contributed by atoms with van der Waals surface area (Å²) in [4.78, 5) is 0. The van der Waals surface area contributed by atoms with Crippen LogP contribution in [0.4, 0.5) is 8.78 Å². The molecule has 0 nitrogen and oxygen atoms in total. The highest BCUT2D eigenvalue weighted by atomic mass is 31.1. The van der Waals surface area contributed by atoms with Crippen LogP contribution >= 0.6 is 8.58 Å². The van der Waals surface area contributed by atoms with E-state index in [-0.39, 0.29) is 13.3 Å². The minimum absolute atomic E-state index is 0.234. The molecule has 55 valence electrons. The molecular formula is C6H12F2P. The third-order valence-electron chi connectivity index (χ3n) is 0.900. The highest BCUT2D eigenvalue weighted by Gasteiger charge is 1.88.